The van der Waals surface area contributed by atoms with Crippen LogP contribution in [-0.4, -0.2) is 0 Å². The van der Waals surface area contributed by atoms with Crippen molar-refractivity contribution in [3.8, 4) is 0 Å². The van der Waals surface area contributed by atoms with E-state index in [-0.39, 0.29) is 11.9 Å². The third kappa shape index (κ3) is 3.47. The van der Waals surface area contributed by atoms with Crippen LogP contribution in [0.4, 0.5) is 4.39 Å². The number of halogens is 3. The molecule has 4 heteroatoms. The zero-order chi connectivity index (χ0) is 14.0. The lowest BCUT2D eigenvalue weighted by Gasteiger charge is -2.14. The van der Waals surface area contributed by atoms with E-state index in [1.807, 2.05) is 13.0 Å². The Labute approximate surface area is 122 Å². The number of rotatable bonds is 3. The van der Waals surface area contributed by atoms with Crippen LogP contribution in [0.5, 0.6) is 0 Å². The quantitative estimate of drug-likeness (QED) is 0.874. The topological polar surface area (TPSA) is 26.0 Å². The molecular weight excluding hydrogens is 284 g/mol. The van der Waals surface area contributed by atoms with Gasteiger partial charge in [-0.1, -0.05) is 35.3 Å². The third-order valence-corrected chi connectivity index (χ3v) is 3.86. The molecule has 0 amide bonds. The molecule has 0 bridgehead atoms. The highest BCUT2D eigenvalue weighted by Gasteiger charge is 2.11. The lowest BCUT2D eigenvalue weighted by atomic mass is 9.97. The van der Waals surface area contributed by atoms with Gasteiger partial charge in [0.15, 0.2) is 0 Å². The van der Waals surface area contributed by atoms with Crippen LogP contribution in [0.1, 0.15) is 22.7 Å². The van der Waals surface area contributed by atoms with Gasteiger partial charge < -0.3 is 5.73 Å². The summed E-state index contributed by atoms with van der Waals surface area (Å²) in [7, 11) is 0. The van der Waals surface area contributed by atoms with Gasteiger partial charge in [0.1, 0.15) is 5.82 Å². The smallest absolute Gasteiger partial charge is 0.123 e. The molecule has 2 rings (SSSR count). The second-order valence-electron chi connectivity index (χ2n) is 4.55. The van der Waals surface area contributed by atoms with Crippen molar-refractivity contribution in [1.82, 2.24) is 0 Å². The lowest BCUT2D eigenvalue weighted by molar-refractivity contribution is 0.621. The summed E-state index contributed by atoms with van der Waals surface area (Å²) in [4.78, 5) is 0. The molecule has 0 spiro atoms. The Bertz CT molecular complexity index is 599. The van der Waals surface area contributed by atoms with Gasteiger partial charge >= 0.3 is 0 Å². The van der Waals surface area contributed by atoms with Gasteiger partial charge in [-0.25, -0.2) is 4.39 Å². The van der Waals surface area contributed by atoms with E-state index in [0.717, 1.165) is 16.7 Å². The van der Waals surface area contributed by atoms with E-state index in [2.05, 4.69) is 0 Å². The van der Waals surface area contributed by atoms with Crippen LogP contribution in [0, 0.1) is 12.7 Å². The Hall–Kier alpha value is -1.09. The van der Waals surface area contributed by atoms with Crippen LogP contribution in [-0.2, 0) is 6.42 Å². The summed E-state index contributed by atoms with van der Waals surface area (Å²) in [5.41, 5.74) is 8.95. The first-order valence-electron chi connectivity index (χ1n) is 5.93. The Kier molecular flexibility index (Phi) is 4.46. The molecule has 0 aliphatic heterocycles. The lowest BCUT2D eigenvalue weighted by Crippen LogP contribution is -2.14. The molecule has 100 valence electrons. The van der Waals surface area contributed by atoms with Crippen LogP contribution in [0.15, 0.2) is 36.4 Å². The monoisotopic (exact) mass is 297 g/mol. The Morgan fingerprint density at radius 2 is 1.84 bits per heavy atom. The van der Waals surface area contributed by atoms with Crippen LogP contribution < -0.4 is 5.73 Å². The van der Waals surface area contributed by atoms with Crippen molar-refractivity contribution in [2.75, 3.05) is 0 Å². The Morgan fingerprint density at radius 1 is 1.11 bits per heavy atom. The summed E-state index contributed by atoms with van der Waals surface area (Å²) < 4.78 is 13.2. The molecule has 0 radical (unpaired) electrons. The van der Waals surface area contributed by atoms with Crippen LogP contribution in [0.25, 0.3) is 0 Å². The zero-order valence-electron chi connectivity index (χ0n) is 10.5. The van der Waals surface area contributed by atoms with E-state index in [4.69, 9.17) is 28.9 Å². The van der Waals surface area contributed by atoms with Gasteiger partial charge in [-0.05, 0) is 54.3 Å². The van der Waals surface area contributed by atoms with E-state index in [1.54, 1.807) is 18.2 Å². The average Bonchev–Trinajstić information content (AvgIpc) is 2.37. The molecule has 2 aromatic carbocycles. The van der Waals surface area contributed by atoms with E-state index in [9.17, 15) is 4.39 Å². The number of benzene rings is 2. The summed E-state index contributed by atoms with van der Waals surface area (Å²) in [5.74, 6) is -0.248. The largest absolute Gasteiger partial charge is 0.324 e. The molecule has 0 heterocycles. The Morgan fingerprint density at radius 3 is 2.53 bits per heavy atom. The molecule has 1 atom stereocenters. The average molecular weight is 298 g/mol. The Balaban J connectivity index is 2.22. The minimum absolute atomic E-state index is 0.240. The second-order valence-corrected chi connectivity index (χ2v) is 5.37. The molecule has 0 aliphatic carbocycles. The highest BCUT2D eigenvalue weighted by molar-refractivity contribution is 6.42. The number of nitrogens with two attached hydrogens (primary N) is 1. The number of aryl methyl sites for hydroxylation is 1. The van der Waals surface area contributed by atoms with E-state index < -0.39 is 0 Å². The van der Waals surface area contributed by atoms with Gasteiger partial charge in [0.2, 0.25) is 0 Å². The first kappa shape index (κ1) is 14.3. The zero-order valence-corrected chi connectivity index (χ0v) is 12.0. The van der Waals surface area contributed by atoms with Crippen molar-refractivity contribution >= 4 is 23.2 Å². The molecule has 19 heavy (non-hydrogen) atoms. The van der Waals surface area contributed by atoms with Crippen molar-refractivity contribution < 1.29 is 4.39 Å². The standard InChI is InChI=1S/C15H14Cl2FN/c1-9-2-4-12(18)6-11(9)8-15(19)10-3-5-13(16)14(17)7-10/h2-7,15H,8,19H2,1H3. The van der Waals surface area contributed by atoms with Gasteiger partial charge in [0, 0.05) is 6.04 Å². The molecule has 0 aromatic heterocycles. The van der Waals surface area contributed by atoms with Gasteiger partial charge in [0.05, 0.1) is 10.0 Å². The van der Waals surface area contributed by atoms with E-state index >= 15 is 0 Å². The maximum atomic E-state index is 13.2. The summed E-state index contributed by atoms with van der Waals surface area (Å²) >= 11 is 11.8. The van der Waals surface area contributed by atoms with Crippen LogP contribution in [0.3, 0.4) is 0 Å². The maximum Gasteiger partial charge on any atom is 0.123 e. The van der Waals surface area contributed by atoms with E-state index in [0.29, 0.717) is 16.5 Å². The van der Waals surface area contributed by atoms with Crippen LogP contribution in [0.2, 0.25) is 10.0 Å². The van der Waals surface area contributed by atoms with Gasteiger partial charge in [-0.3, -0.25) is 0 Å². The molecule has 1 nitrogen and oxygen atoms in total. The highest BCUT2D eigenvalue weighted by Crippen LogP contribution is 2.26. The molecule has 2 aromatic rings. The fourth-order valence-corrected chi connectivity index (χ4v) is 2.26. The molecule has 0 fully saturated rings. The van der Waals surface area contributed by atoms with Gasteiger partial charge in [-0.15, -0.1) is 0 Å². The summed E-state index contributed by atoms with van der Waals surface area (Å²) in [6.07, 6.45) is 0.557. The van der Waals surface area contributed by atoms with Crippen molar-refractivity contribution in [3.05, 3.63) is 69.0 Å². The molecule has 0 saturated heterocycles. The minimum atomic E-state index is -0.248. The molecule has 2 N–H and O–H groups in total. The van der Waals surface area contributed by atoms with Crippen molar-refractivity contribution in [3.63, 3.8) is 0 Å². The fourth-order valence-electron chi connectivity index (χ4n) is 1.96. The summed E-state index contributed by atoms with van der Waals surface area (Å²) in [5, 5.41) is 0.977. The minimum Gasteiger partial charge on any atom is -0.324 e. The van der Waals surface area contributed by atoms with Crippen LogP contribution >= 0.6 is 23.2 Å². The molecule has 0 saturated carbocycles. The predicted molar refractivity (Wildman–Crippen MR) is 78.2 cm³/mol. The van der Waals surface area contributed by atoms with Crippen molar-refractivity contribution in [2.24, 2.45) is 5.73 Å². The number of hydrogen-bond acceptors (Lipinski definition) is 1. The summed E-state index contributed by atoms with van der Waals surface area (Å²) in [6, 6.07) is 9.80. The van der Waals surface area contributed by atoms with Gasteiger partial charge in [0.25, 0.3) is 0 Å². The molecule has 0 aliphatic rings. The number of hydrogen-bond donors (Lipinski definition) is 1. The fraction of sp³-hybridized carbons (Fsp3) is 0.200. The molecule has 1 unspecified atom stereocenters. The van der Waals surface area contributed by atoms with Gasteiger partial charge in [-0.2, -0.15) is 0 Å². The first-order chi connectivity index (χ1) is 8.97. The maximum absolute atomic E-state index is 13.2. The first-order valence-corrected chi connectivity index (χ1v) is 6.68. The van der Waals surface area contributed by atoms with E-state index in [1.165, 1.54) is 12.1 Å². The SMILES string of the molecule is Cc1ccc(F)cc1CC(N)c1ccc(Cl)c(Cl)c1. The normalized spacial score (nSPS) is 12.5. The predicted octanol–water partition coefficient (Wildman–Crippen LogP) is 4.68. The molecular formula is C15H14Cl2FN. The third-order valence-electron chi connectivity index (χ3n) is 3.12. The summed E-state index contributed by atoms with van der Waals surface area (Å²) in [6.45, 7) is 1.94. The highest BCUT2D eigenvalue weighted by atomic mass is 35.5. The second kappa shape index (κ2) is 5.91. The van der Waals surface area contributed by atoms with Crippen molar-refractivity contribution in [2.45, 2.75) is 19.4 Å². The van der Waals surface area contributed by atoms with Crippen molar-refractivity contribution in [1.29, 1.82) is 0 Å².